The summed E-state index contributed by atoms with van der Waals surface area (Å²) < 4.78 is 7.31. The van der Waals surface area contributed by atoms with Gasteiger partial charge in [0.05, 0.1) is 22.7 Å². The summed E-state index contributed by atoms with van der Waals surface area (Å²) in [5.74, 6) is 0.425. The fraction of sp³-hybridized carbons (Fsp3) is 0.158. The van der Waals surface area contributed by atoms with E-state index in [9.17, 15) is 5.11 Å². The summed E-state index contributed by atoms with van der Waals surface area (Å²) in [7, 11) is 0. The highest BCUT2D eigenvalue weighted by Gasteiger charge is 2.28. The fourth-order valence-corrected chi connectivity index (χ4v) is 12.5. The van der Waals surface area contributed by atoms with Gasteiger partial charge in [0.15, 0.2) is 5.58 Å². The SMILES string of the molecule is CC.CCc1cccc(N(c2cc(C(C)C)c3ccc4c(N(c5cccc(C)c5)c5cccc(-c6cccc(-c7ccccc7C)c6)c5O)cc(C)c5ccc2c3c54)c2cccc3c2oc2c(-c4ccccc4CC)cccc23)c1. The van der Waals surface area contributed by atoms with Crippen molar-refractivity contribution in [1.29, 1.82) is 0 Å². The molecule has 0 aliphatic carbocycles. The van der Waals surface area contributed by atoms with E-state index < -0.39 is 0 Å². The van der Waals surface area contributed by atoms with Crippen LogP contribution in [0.1, 0.15) is 80.8 Å². The van der Waals surface area contributed by atoms with Gasteiger partial charge in [0.1, 0.15) is 11.3 Å². The summed E-state index contributed by atoms with van der Waals surface area (Å²) in [6.07, 6.45) is 1.83. The summed E-state index contributed by atoms with van der Waals surface area (Å²) in [4.78, 5) is 4.74. The van der Waals surface area contributed by atoms with Crippen molar-refractivity contribution < 1.29 is 9.52 Å². The Labute approximate surface area is 471 Å². The van der Waals surface area contributed by atoms with Gasteiger partial charge in [-0.3, -0.25) is 0 Å². The molecule has 0 unspecified atom stereocenters. The molecule has 0 saturated carbocycles. The third-order valence-electron chi connectivity index (χ3n) is 16.4. The van der Waals surface area contributed by atoms with Gasteiger partial charge >= 0.3 is 0 Å². The number of nitrogens with zero attached hydrogens (tertiary/aromatic N) is 2. The van der Waals surface area contributed by atoms with Crippen molar-refractivity contribution in [3.05, 3.63) is 246 Å². The van der Waals surface area contributed by atoms with Crippen LogP contribution in [0.5, 0.6) is 5.75 Å². The highest BCUT2D eigenvalue weighted by molar-refractivity contribution is 6.30. The third kappa shape index (κ3) is 8.71. The molecule has 1 N–H and O–H groups in total. The first kappa shape index (κ1) is 51.6. The Kier molecular flexibility index (Phi) is 13.7. The minimum atomic E-state index is 0.202. The minimum Gasteiger partial charge on any atom is -0.505 e. The normalized spacial score (nSPS) is 11.6. The Morgan fingerprint density at radius 2 is 0.975 bits per heavy atom. The van der Waals surface area contributed by atoms with Crippen molar-refractivity contribution in [2.45, 2.75) is 81.1 Å². The molecule has 1 heterocycles. The highest BCUT2D eigenvalue weighted by atomic mass is 16.3. The second kappa shape index (κ2) is 21.3. The van der Waals surface area contributed by atoms with Crippen LogP contribution in [0.25, 0.3) is 87.6 Å². The summed E-state index contributed by atoms with van der Waals surface area (Å²) >= 11 is 0. The number of furan rings is 1. The van der Waals surface area contributed by atoms with Gasteiger partial charge in [0.2, 0.25) is 0 Å². The van der Waals surface area contributed by atoms with Crippen molar-refractivity contribution in [1.82, 2.24) is 0 Å². The number of phenols is 1. The van der Waals surface area contributed by atoms with Gasteiger partial charge in [-0.15, -0.1) is 0 Å². The van der Waals surface area contributed by atoms with Crippen molar-refractivity contribution >= 4 is 88.4 Å². The van der Waals surface area contributed by atoms with Gasteiger partial charge in [-0.2, -0.15) is 0 Å². The quantitative estimate of drug-likeness (QED) is 0.124. The summed E-state index contributed by atoms with van der Waals surface area (Å²) in [6, 6.07) is 76.9. The standard InChI is InChI=1S/C74H62N2O2.C2H6/c1-8-49-22-15-27-54(42-49)76(67-35-19-33-62-61-32-17-31-60(73(61)78-74(62)67)57-29-13-11-23-50(57)9-2)69-44-65(45(3)4)59-37-39-63-68(41-48(7)56-36-38-64(69)71(59)70(56)63)75(53-26-14-20-46(5)40-53)66-34-18-30-58(72(66)77)52-25-16-24-51(43-52)55-28-12-10-21-47(55)6;1-2/h10-45,77H,8-9H2,1-7H3;1-2H3. The lowest BCUT2D eigenvalue weighted by Gasteiger charge is -2.31. The Hall–Kier alpha value is -9.12. The molecule has 4 heteroatoms. The van der Waals surface area contributed by atoms with Gasteiger partial charge in [-0.05, 0) is 171 Å². The average Bonchev–Trinajstić information content (AvgIpc) is 3.94. The predicted octanol–water partition coefficient (Wildman–Crippen LogP) is 22.3. The molecule has 80 heavy (non-hydrogen) atoms. The molecule has 0 aliphatic heterocycles. The third-order valence-corrected chi connectivity index (χ3v) is 16.4. The topological polar surface area (TPSA) is 39.9 Å². The summed E-state index contributed by atoms with van der Waals surface area (Å²) in [6.45, 7) is 19.6. The first-order valence-corrected chi connectivity index (χ1v) is 28.6. The highest BCUT2D eigenvalue weighted by Crippen LogP contribution is 2.53. The molecule has 0 fully saturated rings. The lowest BCUT2D eigenvalue weighted by molar-refractivity contribution is 0.478. The minimum absolute atomic E-state index is 0.202. The first-order chi connectivity index (χ1) is 39.1. The molecule has 0 amide bonds. The number of anilines is 6. The van der Waals surface area contributed by atoms with Crippen LogP contribution in [0, 0.1) is 20.8 Å². The zero-order valence-corrected chi connectivity index (χ0v) is 47.4. The maximum absolute atomic E-state index is 12.8. The van der Waals surface area contributed by atoms with Crippen LogP contribution in [0.2, 0.25) is 0 Å². The molecule has 12 aromatic carbocycles. The number of aromatic hydroxyl groups is 1. The zero-order valence-electron chi connectivity index (χ0n) is 47.4. The number of benzene rings is 12. The van der Waals surface area contributed by atoms with Crippen LogP contribution < -0.4 is 9.80 Å². The van der Waals surface area contributed by atoms with Gasteiger partial charge in [0.25, 0.3) is 0 Å². The number of para-hydroxylation sites is 3. The van der Waals surface area contributed by atoms with E-state index in [1.165, 1.54) is 54.9 Å². The maximum atomic E-state index is 12.8. The van der Waals surface area contributed by atoms with Crippen molar-refractivity contribution in [2.24, 2.45) is 0 Å². The van der Waals surface area contributed by atoms with E-state index in [0.717, 1.165) is 107 Å². The lowest BCUT2D eigenvalue weighted by Crippen LogP contribution is -2.13. The Morgan fingerprint density at radius 3 is 1.71 bits per heavy atom. The zero-order chi connectivity index (χ0) is 55.3. The van der Waals surface area contributed by atoms with Crippen LogP contribution in [-0.4, -0.2) is 5.11 Å². The van der Waals surface area contributed by atoms with Crippen molar-refractivity contribution in [2.75, 3.05) is 9.80 Å². The predicted molar refractivity (Wildman–Crippen MR) is 343 cm³/mol. The molecule has 0 spiro atoms. The van der Waals surface area contributed by atoms with Gasteiger partial charge in [-0.1, -0.05) is 199 Å². The Balaban J connectivity index is 0.00000315. The number of rotatable bonds is 12. The van der Waals surface area contributed by atoms with E-state index in [1.54, 1.807) is 0 Å². The van der Waals surface area contributed by atoms with E-state index >= 15 is 0 Å². The summed E-state index contributed by atoms with van der Waals surface area (Å²) in [5.41, 5.74) is 21.2. The molecule has 0 radical (unpaired) electrons. The van der Waals surface area contributed by atoms with E-state index in [-0.39, 0.29) is 11.7 Å². The van der Waals surface area contributed by atoms with E-state index in [0.29, 0.717) is 5.69 Å². The maximum Gasteiger partial charge on any atom is 0.159 e. The molecule has 394 valence electrons. The number of hydrogen-bond acceptors (Lipinski definition) is 4. The van der Waals surface area contributed by atoms with Crippen LogP contribution in [0.3, 0.4) is 0 Å². The van der Waals surface area contributed by atoms with E-state index in [1.807, 2.05) is 19.9 Å². The van der Waals surface area contributed by atoms with Crippen LogP contribution in [0.15, 0.2) is 217 Å². The molecular formula is C76H68N2O2. The van der Waals surface area contributed by atoms with Crippen LogP contribution in [-0.2, 0) is 12.8 Å². The molecule has 0 saturated heterocycles. The number of hydrogen-bond donors (Lipinski definition) is 1. The molecule has 0 atom stereocenters. The van der Waals surface area contributed by atoms with Gasteiger partial charge in [-0.25, -0.2) is 0 Å². The second-order valence-corrected chi connectivity index (χ2v) is 21.5. The van der Waals surface area contributed by atoms with Crippen LogP contribution >= 0.6 is 0 Å². The molecule has 0 bridgehead atoms. The smallest absolute Gasteiger partial charge is 0.159 e. The molecule has 13 rings (SSSR count). The van der Waals surface area contributed by atoms with Gasteiger partial charge in [0, 0.05) is 44.0 Å². The van der Waals surface area contributed by atoms with Gasteiger partial charge < -0.3 is 19.3 Å². The number of phenolic OH excluding ortho intramolecular Hbond substituents is 1. The second-order valence-electron chi connectivity index (χ2n) is 21.5. The molecular weight excluding hydrogens is 973 g/mol. The first-order valence-electron chi connectivity index (χ1n) is 28.6. The fourth-order valence-electron chi connectivity index (χ4n) is 12.5. The number of fused-ring (bicyclic) bond motifs is 3. The monoisotopic (exact) mass is 1040 g/mol. The Bertz CT molecular complexity index is 4460. The van der Waals surface area contributed by atoms with E-state index in [4.69, 9.17) is 4.42 Å². The Morgan fingerprint density at radius 1 is 0.412 bits per heavy atom. The lowest BCUT2D eigenvalue weighted by atomic mass is 9.85. The van der Waals surface area contributed by atoms with Crippen molar-refractivity contribution in [3.63, 3.8) is 0 Å². The number of aryl methyl sites for hydroxylation is 5. The van der Waals surface area contributed by atoms with Crippen molar-refractivity contribution in [3.8, 4) is 39.1 Å². The average molecular weight is 1040 g/mol. The largest absolute Gasteiger partial charge is 0.505 e. The molecule has 0 aliphatic rings. The molecule has 1 aromatic heterocycles. The van der Waals surface area contributed by atoms with Crippen LogP contribution in [0.4, 0.5) is 34.1 Å². The molecule has 4 nitrogen and oxygen atoms in total. The molecule has 13 aromatic rings. The summed E-state index contributed by atoms with van der Waals surface area (Å²) in [5, 5.41) is 22.1. The van der Waals surface area contributed by atoms with E-state index in [2.05, 4.69) is 265 Å².